The van der Waals surface area contributed by atoms with Gasteiger partial charge in [-0.2, -0.15) is 0 Å². The van der Waals surface area contributed by atoms with Gasteiger partial charge in [0.05, 0.1) is 0 Å². The molecule has 6 rings (SSSR count). The maximum atomic E-state index is 13.8. The minimum Gasteiger partial charge on any atom is -0.507 e. The summed E-state index contributed by atoms with van der Waals surface area (Å²) in [5.74, 6) is 0.884. The van der Waals surface area contributed by atoms with Crippen LogP contribution in [0.3, 0.4) is 0 Å². The number of piperazine rings is 1. The van der Waals surface area contributed by atoms with E-state index in [0.717, 1.165) is 59.9 Å². The second kappa shape index (κ2) is 13.1. The Morgan fingerprint density at radius 2 is 1.61 bits per heavy atom. The molecule has 0 spiro atoms. The highest BCUT2D eigenvalue weighted by molar-refractivity contribution is 5.91. The van der Waals surface area contributed by atoms with Gasteiger partial charge < -0.3 is 29.9 Å². The highest BCUT2D eigenvalue weighted by atomic mass is 16.6. The van der Waals surface area contributed by atoms with E-state index in [1.807, 2.05) is 60.0 Å². The van der Waals surface area contributed by atoms with Crippen LogP contribution in [0.4, 0.5) is 15.3 Å². The number of nitrogens with one attached hydrogen (secondary N) is 1. The quantitative estimate of drug-likeness (QED) is 0.493. The Kier molecular flexibility index (Phi) is 8.98. The molecule has 1 aliphatic carbocycles. The Morgan fingerprint density at radius 3 is 2.30 bits per heavy atom. The smallest absolute Gasteiger partial charge is 0.410 e. The Balaban J connectivity index is 1.08. The molecule has 44 heavy (non-hydrogen) atoms. The van der Waals surface area contributed by atoms with Crippen LogP contribution in [0.25, 0.3) is 0 Å². The van der Waals surface area contributed by atoms with Crippen LogP contribution in [0, 0.1) is 19.8 Å². The molecule has 0 unspecified atom stereocenters. The van der Waals surface area contributed by atoms with Crippen molar-refractivity contribution < 1.29 is 24.2 Å². The number of benzene rings is 2. The maximum Gasteiger partial charge on any atom is 0.410 e. The van der Waals surface area contributed by atoms with Crippen molar-refractivity contribution in [1.82, 2.24) is 19.6 Å². The first kappa shape index (κ1) is 30.2. The number of likely N-dealkylation sites (tertiary alicyclic amines) is 1. The topological polar surface area (TPSA) is 106 Å². The first-order valence-electron chi connectivity index (χ1n) is 16.2. The van der Waals surface area contributed by atoms with E-state index in [1.165, 1.54) is 12.8 Å². The van der Waals surface area contributed by atoms with Crippen molar-refractivity contribution in [3.8, 4) is 5.75 Å². The molecule has 3 aliphatic heterocycles. The summed E-state index contributed by atoms with van der Waals surface area (Å²) in [6.07, 6.45) is 3.50. The number of phenolic OH excluding ortho intramolecular Hbond substituents is 1. The molecule has 10 heteroatoms. The van der Waals surface area contributed by atoms with Gasteiger partial charge in [0.2, 0.25) is 0 Å². The number of nitrogens with zero attached hydrogens (tertiary/aromatic N) is 4. The fourth-order valence-corrected chi connectivity index (χ4v) is 6.87. The normalized spacial score (nSPS) is 20.5. The molecule has 2 saturated heterocycles. The van der Waals surface area contributed by atoms with Crippen molar-refractivity contribution in [2.45, 2.75) is 64.5 Å². The van der Waals surface area contributed by atoms with Gasteiger partial charge in [0.15, 0.2) is 6.10 Å². The average molecular weight is 604 g/mol. The number of phenols is 1. The van der Waals surface area contributed by atoms with E-state index >= 15 is 0 Å². The highest BCUT2D eigenvalue weighted by Gasteiger charge is 2.36. The first-order valence-corrected chi connectivity index (χ1v) is 16.2. The largest absolute Gasteiger partial charge is 0.507 e. The van der Waals surface area contributed by atoms with E-state index in [2.05, 4.69) is 10.2 Å². The summed E-state index contributed by atoms with van der Waals surface area (Å²) >= 11 is 0. The first-order chi connectivity index (χ1) is 21.2. The molecule has 0 bridgehead atoms. The lowest BCUT2D eigenvalue weighted by atomic mass is 10.0. The van der Waals surface area contributed by atoms with Gasteiger partial charge in [-0.05, 0) is 80.2 Å². The van der Waals surface area contributed by atoms with Gasteiger partial charge in [-0.3, -0.25) is 9.69 Å². The lowest BCUT2D eigenvalue weighted by Gasteiger charge is -2.38. The van der Waals surface area contributed by atoms with E-state index in [9.17, 15) is 19.5 Å². The fourth-order valence-electron chi connectivity index (χ4n) is 6.87. The number of amides is 4. The summed E-state index contributed by atoms with van der Waals surface area (Å²) in [7, 11) is 0. The predicted molar refractivity (Wildman–Crippen MR) is 168 cm³/mol. The Morgan fingerprint density at radius 1 is 0.932 bits per heavy atom. The molecule has 0 radical (unpaired) electrons. The lowest BCUT2D eigenvalue weighted by Crippen LogP contribution is -2.54. The number of anilines is 1. The van der Waals surface area contributed by atoms with Crippen molar-refractivity contribution in [3.63, 3.8) is 0 Å². The number of hydrogen-bond acceptors (Lipinski definition) is 6. The minimum atomic E-state index is -0.951. The summed E-state index contributed by atoms with van der Waals surface area (Å²) in [6.45, 7) is 9.24. The Hall–Kier alpha value is -3.79. The number of carbonyl (C=O) groups is 3. The minimum absolute atomic E-state index is 0.0284. The van der Waals surface area contributed by atoms with Crippen LogP contribution >= 0.6 is 0 Å². The molecular weight excluding hydrogens is 558 g/mol. The monoisotopic (exact) mass is 603 g/mol. The second-order valence-corrected chi connectivity index (χ2v) is 13.0. The third-order valence-corrected chi connectivity index (χ3v) is 9.69. The molecular formula is C34H45N5O5. The van der Waals surface area contributed by atoms with Gasteiger partial charge in [-0.1, -0.05) is 30.3 Å². The van der Waals surface area contributed by atoms with Crippen molar-refractivity contribution in [2.75, 3.05) is 57.7 Å². The number of aromatic hydroxyl groups is 1. The van der Waals surface area contributed by atoms with Gasteiger partial charge in [0, 0.05) is 70.5 Å². The third-order valence-electron chi connectivity index (χ3n) is 9.69. The van der Waals surface area contributed by atoms with Crippen LogP contribution < -0.4 is 5.32 Å². The van der Waals surface area contributed by atoms with Gasteiger partial charge >= 0.3 is 12.1 Å². The molecule has 10 nitrogen and oxygen atoms in total. The zero-order chi connectivity index (χ0) is 30.8. The summed E-state index contributed by atoms with van der Waals surface area (Å²) in [5, 5.41) is 13.3. The number of fused-ring (bicyclic) bond motifs is 1. The van der Waals surface area contributed by atoms with Crippen LogP contribution in [0.5, 0.6) is 5.75 Å². The zero-order valence-electron chi connectivity index (χ0n) is 26.0. The van der Waals surface area contributed by atoms with Crippen LogP contribution in [0.1, 0.15) is 47.9 Å². The van der Waals surface area contributed by atoms with E-state index in [-0.39, 0.29) is 30.2 Å². The SMILES string of the molecule is Cc1cc(C[C@@H](OC(=O)N2CCC(N3CCc4ccccc4NC3=O)CC2)C(=O)N2CCN(CC3CC3)CC2)cc(C)c1O. The molecule has 4 aliphatic rings. The molecule has 2 aromatic carbocycles. The van der Waals surface area contributed by atoms with Crippen LogP contribution in [-0.4, -0.2) is 107 Å². The molecule has 1 atom stereocenters. The van der Waals surface area contributed by atoms with E-state index < -0.39 is 12.2 Å². The Labute approximate surface area is 259 Å². The van der Waals surface area contributed by atoms with Crippen LogP contribution in [0.2, 0.25) is 0 Å². The predicted octanol–water partition coefficient (Wildman–Crippen LogP) is 4.17. The number of para-hydroxylation sites is 1. The number of ether oxygens (including phenoxy) is 1. The molecule has 4 amide bonds. The number of aryl methyl sites for hydroxylation is 2. The summed E-state index contributed by atoms with van der Waals surface area (Å²) < 4.78 is 6.01. The number of urea groups is 1. The maximum absolute atomic E-state index is 13.8. The van der Waals surface area contributed by atoms with Crippen molar-refractivity contribution in [2.24, 2.45) is 5.92 Å². The molecule has 3 fully saturated rings. The number of carbonyl (C=O) groups excluding carboxylic acids is 3. The van der Waals surface area contributed by atoms with Gasteiger partial charge in [0.25, 0.3) is 5.91 Å². The van der Waals surface area contributed by atoms with Gasteiger partial charge in [-0.25, -0.2) is 9.59 Å². The van der Waals surface area contributed by atoms with Gasteiger partial charge in [-0.15, -0.1) is 0 Å². The van der Waals surface area contributed by atoms with Crippen LogP contribution in [0.15, 0.2) is 36.4 Å². The van der Waals surface area contributed by atoms with E-state index in [4.69, 9.17) is 4.74 Å². The zero-order valence-corrected chi connectivity index (χ0v) is 26.0. The number of hydrogen-bond donors (Lipinski definition) is 2. The second-order valence-electron chi connectivity index (χ2n) is 13.0. The standard InChI is InChI=1S/C34H45N5O5/c1-23-19-26(20-24(2)31(23)40)21-30(32(41)37-17-15-36(16-18-37)22-25-7-8-25)44-34(43)38-12-10-28(11-13-38)39-14-9-27-5-3-4-6-29(27)35-33(39)42/h3-6,19-20,25,28,30,40H,7-18,21-22H2,1-2H3,(H,35,42)/t30-/m1/s1. The highest BCUT2D eigenvalue weighted by Crippen LogP contribution is 2.30. The van der Waals surface area contributed by atoms with Crippen molar-refractivity contribution in [1.29, 1.82) is 0 Å². The summed E-state index contributed by atoms with van der Waals surface area (Å²) in [5.41, 5.74) is 4.30. The molecule has 2 N–H and O–H groups in total. The number of piperidine rings is 1. The third kappa shape index (κ3) is 6.96. The van der Waals surface area contributed by atoms with Gasteiger partial charge in [0.1, 0.15) is 5.75 Å². The molecule has 1 saturated carbocycles. The summed E-state index contributed by atoms with van der Waals surface area (Å²) in [6, 6.07) is 11.5. The molecule has 236 valence electrons. The van der Waals surface area contributed by atoms with Crippen LogP contribution in [-0.2, 0) is 22.4 Å². The fraction of sp³-hybridized carbons (Fsp3) is 0.559. The van der Waals surface area contributed by atoms with Crippen molar-refractivity contribution in [3.05, 3.63) is 58.7 Å². The van der Waals surface area contributed by atoms with Crippen molar-refractivity contribution >= 4 is 23.7 Å². The Bertz CT molecular complexity index is 1350. The molecule has 0 aromatic heterocycles. The average Bonchev–Trinajstić information content (AvgIpc) is 3.86. The van der Waals surface area contributed by atoms with E-state index in [1.54, 1.807) is 4.90 Å². The summed E-state index contributed by atoms with van der Waals surface area (Å²) in [4.78, 5) is 48.2. The molecule has 3 heterocycles. The lowest BCUT2D eigenvalue weighted by molar-refractivity contribution is -0.142. The number of rotatable bonds is 7. The van der Waals surface area contributed by atoms with E-state index in [0.29, 0.717) is 45.6 Å². The molecule has 2 aromatic rings.